The van der Waals surface area contributed by atoms with E-state index in [4.69, 9.17) is 5.21 Å². The first-order valence-corrected chi connectivity index (χ1v) is 6.69. The van der Waals surface area contributed by atoms with Crippen molar-refractivity contribution < 1.29 is 10.3 Å². The molecule has 8 heteroatoms. The number of hydrogen-bond acceptors (Lipinski definition) is 5. The van der Waals surface area contributed by atoms with Crippen LogP contribution in [0.4, 0.5) is 0 Å². The van der Waals surface area contributed by atoms with Gasteiger partial charge in [-0.25, -0.2) is 9.36 Å². The summed E-state index contributed by atoms with van der Waals surface area (Å²) in [5.74, 6) is -0.606. The molecule has 0 radical (unpaired) electrons. The Balaban J connectivity index is 2.88. The van der Waals surface area contributed by atoms with Crippen LogP contribution in [0.25, 0.3) is 5.69 Å². The van der Waals surface area contributed by atoms with Gasteiger partial charge in [0.1, 0.15) is 5.56 Å². The molecule has 0 saturated carbocycles. The number of hydrogen-bond donors (Lipinski definition) is 3. The fourth-order valence-corrected chi connectivity index (χ4v) is 2.51. The highest BCUT2D eigenvalue weighted by molar-refractivity contribution is 9.10. The average Bonchev–Trinajstić information content (AvgIpc) is 2.40. The number of rotatable bonds is 2. The number of aromatic amines is 1. The number of nitrogens with zero attached hydrogens (tertiary/aromatic N) is 2. The van der Waals surface area contributed by atoms with E-state index in [2.05, 4.69) is 26.1 Å². The minimum Gasteiger partial charge on any atom is -0.493 e. The first-order valence-electron chi connectivity index (χ1n) is 5.89. The van der Waals surface area contributed by atoms with E-state index in [0.29, 0.717) is 10.2 Å². The van der Waals surface area contributed by atoms with Gasteiger partial charge in [-0.15, -0.1) is 0 Å². The standard InChI is InChI=1S/C13H12BrN3O4/c1-6-3-9(14)10(4-7(6)2)17-12(19)8(5-15-21)11(18)16-13(17)20/h3-5,19,21H,1-2H3,(H,16,18,20)/b15-5+. The maximum absolute atomic E-state index is 12.0. The molecule has 0 amide bonds. The minimum absolute atomic E-state index is 0.317. The van der Waals surface area contributed by atoms with Gasteiger partial charge in [-0.05, 0) is 53.0 Å². The normalized spacial score (nSPS) is 11.2. The second-order valence-electron chi connectivity index (χ2n) is 4.46. The van der Waals surface area contributed by atoms with Gasteiger partial charge in [0.15, 0.2) is 0 Å². The van der Waals surface area contributed by atoms with Crippen LogP contribution in [0.2, 0.25) is 0 Å². The summed E-state index contributed by atoms with van der Waals surface area (Å²) in [6.45, 7) is 3.76. The summed E-state index contributed by atoms with van der Waals surface area (Å²) in [6.07, 6.45) is 0.763. The fourth-order valence-electron chi connectivity index (χ4n) is 1.87. The Morgan fingerprint density at radius 1 is 1.29 bits per heavy atom. The molecule has 0 aliphatic carbocycles. The molecule has 0 bridgehead atoms. The number of halogens is 1. The van der Waals surface area contributed by atoms with Crippen molar-refractivity contribution in [2.24, 2.45) is 5.16 Å². The molecule has 0 spiro atoms. The molecule has 21 heavy (non-hydrogen) atoms. The highest BCUT2D eigenvalue weighted by Crippen LogP contribution is 2.26. The van der Waals surface area contributed by atoms with Gasteiger partial charge in [-0.1, -0.05) is 5.16 Å². The number of aryl methyl sites for hydroxylation is 2. The molecule has 0 unspecified atom stereocenters. The lowest BCUT2D eigenvalue weighted by molar-refractivity contribution is 0.321. The van der Waals surface area contributed by atoms with Crippen molar-refractivity contribution in [2.45, 2.75) is 13.8 Å². The maximum Gasteiger partial charge on any atom is 0.335 e. The molecule has 0 aliphatic rings. The Labute approximate surface area is 127 Å². The van der Waals surface area contributed by atoms with E-state index in [0.717, 1.165) is 21.9 Å². The minimum atomic E-state index is -0.841. The SMILES string of the molecule is Cc1cc(Br)c(-n2c(O)c(/C=N/O)c(=O)[nH]c2=O)cc1C. The molecule has 1 aromatic heterocycles. The number of H-pyrrole nitrogens is 1. The van der Waals surface area contributed by atoms with Gasteiger partial charge in [0.2, 0.25) is 5.88 Å². The first-order chi connectivity index (χ1) is 9.86. The Bertz CT molecular complexity index is 852. The molecular formula is C13H12BrN3O4. The first kappa shape index (κ1) is 15.0. The van der Waals surface area contributed by atoms with Gasteiger partial charge in [0, 0.05) is 4.47 Å². The summed E-state index contributed by atoms with van der Waals surface area (Å²) < 4.78 is 1.50. The molecule has 2 aromatic rings. The van der Waals surface area contributed by atoms with Crippen molar-refractivity contribution in [1.29, 1.82) is 0 Å². The second kappa shape index (κ2) is 5.57. The molecular weight excluding hydrogens is 342 g/mol. The topological polar surface area (TPSA) is 108 Å². The van der Waals surface area contributed by atoms with E-state index in [1.807, 2.05) is 13.8 Å². The molecule has 1 aromatic carbocycles. The van der Waals surface area contributed by atoms with E-state index in [1.165, 1.54) is 0 Å². The van der Waals surface area contributed by atoms with Crippen LogP contribution in [0.3, 0.4) is 0 Å². The Morgan fingerprint density at radius 3 is 2.52 bits per heavy atom. The molecule has 0 aliphatic heterocycles. The van der Waals surface area contributed by atoms with Crippen molar-refractivity contribution in [1.82, 2.24) is 9.55 Å². The zero-order valence-corrected chi connectivity index (χ0v) is 12.8. The number of benzene rings is 1. The van der Waals surface area contributed by atoms with Crippen LogP contribution < -0.4 is 11.2 Å². The smallest absolute Gasteiger partial charge is 0.335 e. The highest BCUT2D eigenvalue weighted by Gasteiger charge is 2.16. The zero-order valence-electron chi connectivity index (χ0n) is 11.2. The quantitative estimate of drug-likeness (QED) is 0.431. The zero-order chi connectivity index (χ0) is 15.7. The molecule has 1 heterocycles. The second-order valence-corrected chi connectivity index (χ2v) is 5.32. The van der Waals surface area contributed by atoms with Crippen molar-refractivity contribution in [3.05, 3.63) is 54.1 Å². The third-order valence-corrected chi connectivity index (χ3v) is 3.75. The van der Waals surface area contributed by atoms with Crippen LogP contribution in [-0.2, 0) is 0 Å². The molecule has 3 N–H and O–H groups in total. The van der Waals surface area contributed by atoms with E-state index in [-0.39, 0.29) is 5.56 Å². The number of aromatic nitrogens is 2. The molecule has 7 nitrogen and oxygen atoms in total. The molecule has 2 rings (SSSR count). The lowest BCUT2D eigenvalue weighted by Gasteiger charge is -2.13. The van der Waals surface area contributed by atoms with Gasteiger partial charge in [0.25, 0.3) is 5.56 Å². The van der Waals surface area contributed by atoms with Gasteiger partial charge < -0.3 is 10.3 Å². The maximum atomic E-state index is 12.0. The number of aromatic hydroxyl groups is 1. The lowest BCUT2D eigenvalue weighted by atomic mass is 10.1. The van der Waals surface area contributed by atoms with Crippen LogP contribution >= 0.6 is 15.9 Å². The van der Waals surface area contributed by atoms with Crippen LogP contribution in [0.5, 0.6) is 5.88 Å². The molecule has 0 saturated heterocycles. The summed E-state index contributed by atoms with van der Waals surface area (Å²) in [6, 6.07) is 3.49. The van der Waals surface area contributed by atoms with Gasteiger partial charge in [-0.2, -0.15) is 0 Å². The largest absolute Gasteiger partial charge is 0.493 e. The Morgan fingerprint density at radius 2 is 1.90 bits per heavy atom. The van der Waals surface area contributed by atoms with Crippen LogP contribution in [0.15, 0.2) is 31.4 Å². The highest BCUT2D eigenvalue weighted by atomic mass is 79.9. The summed E-state index contributed by atoms with van der Waals surface area (Å²) in [5.41, 5.74) is 0.317. The summed E-state index contributed by atoms with van der Waals surface area (Å²) >= 11 is 3.32. The van der Waals surface area contributed by atoms with E-state index in [1.54, 1.807) is 12.1 Å². The summed E-state index contributed by atoms with van der Waals surface area (Å²) in [7, 11) is 0. The molecule has 0 atom stereocenters. The molecule has 110 valence electrons. The molecule has 0 fully saturated rings. The van der Waals surface area contributed by atoms with E-state index < -0.39 is 17.1 Å². The Hall–Kier alpha value is -2.35. The van der Waals surface area contributed by atoms with E-state index in [9.17, 15) is 14.7 Å². The number of oxime groups is 1. The Kier molecular flexibility index (Phi) is 3.99. The third kappa shape index (κ3) is 2.62. The fraction of sp³-hybridized carbons (Fsp3) is 0.154. The predicted molar refractivity (Wildman–Crippen MR) is 80.9 cm³/mol. The van der Waals surface area contributed by atoms with Gasteiger partial charge in [-0.3, -0.25) is 9.78 Å². The van der Waals surface area contributed by atoms with Crippen LogP contribution in [0, 0.1) is 13.8 Å². The van der Waals surface area contributed by atoms with Crippen LogP contribution in [0.1, 0.15) is 16.7 Å². The lowest BCUT2D eigenvalue weighted by Crippen LogP contribution is -2.31. The van der Waals surface area contributed by atoms with Gasteiger partial charge in [0.05, 0.1) is 11.9 Å². The van der Waals surface area contributed by atoms with Gasteiger partial charge >= 0.3 is 5.69 Å². The van der Waals surface area contributed by atoms with Crippen LogP contribution in [-0.4, -0.2) is 26.1 Å². The van der Waals surface area contributed by atoms with Crippen molar-refractivity contribution >= 4 is 22.1 Å². The van der Waals surface area contributed by atoms with Crippen molar-refractivity contribution in [3.8, 4) is 11.6 Å². The average molecular weight is 354 g/mol. The third-order valence-electron chi connectivity index (χ3n) is 3.11. The van der Waals surface area contributed by atoms with E-state index >= 15 is 0 Å². The predicted octanol–water partition coefficient (Wildman–Crippen LogP) is 1.42. The number of nitrogens with one attached hydrogen (secondary N) is 1. The monoisotopic (exact) mass is 353 g/mol. The van der Waals surface area contributed by atoms with Crippen molar-refractivity contribution in [3.63, 3.8) is 0 Å². The summed E-state index contributed by atoms with van der Waals surface area (Å²) in [4.78, 5) is 25.6. The summed E-state index contributed by atoms with van der Waals surface area (Å²) in [5, 5.41) is 21.4. The van der Waals surface area contributed by atoms with Crippen molar-refractivity contribution in [2.75, 3.05) is 0 Å².